The third-order valence-corrected chi connectivity index (χ3v) is 3.10. The fourth-order valence-electron chi connectivity index (χ4n) is 1.76. The highest BCUT2D eigenvalue weighted by molar-refractivity contribution is 7.71. The quantitative estimate of drug-likeness (QED) is 0.791. The summed E-state index contributed by atoms with van der Waals surface area (Å²) in [5, 5.41) is 0. The largest absolute Gasteiger partial charge is 0.330 e. The van der Waals surface area contributed by atoms with Crippen LogP contribution < -0.4 is 0 Å². The van der Waals surface area contributed by atoms with Crippen LogP contribution in [0.15, 0.2) is 12.1 Å². The minimum atomic E-state index is -0.849. The lowest BCUT2D eigenvalue weighted by atomic mass is 10.2. The monoisotopic (exact) mass is 242 g/mol. The third kappa shape index (κ3) is 1.55. The number of hydrogen-bond acceptors (Lipinski definition) is 1. The Morgan fingerprint density at radius 3 is 2.75 bits per heavy atom. The standard InChI is InChI=1S/C11H12F2N2S/c1-3-6(2)15-10-8(14-11(15)16)5-4-7(12)9(10)13/h4-6H,3H2,1-2H3,(H,14,16). The van der Waals surface area contributed by atoms with Gasteiger partial charge in [0.25, 0.3) is 0 Å². The van der Waals surface area contributed by atoms with E-state index in [1.54, 1.807) is 4.57 Å². The first-order chi connectivity index (χ1) is 7.56. The molecule has 16 heavy (non-hydrogen) atoms. The smallest absolute Gasteiger partial charge is 0.184 e. The zero-order valence-corrected chi connectivity index (χ0v) is 9.87. The average molecular weight is 242 g/mol. The third-order valence-electron chi connectivity index (χ3n) is 2.80. The van der Waals surface area contributed by atoms with E-state index in [9.17, 15) is 8.78 Å². The van der Waals surface area contributed by atoms with Gasteiger partial charge < -0.3 is 9.55 Å². The average Bonchev–Trinajstić information content (AvgIpc) is 2.60. The van der Waals surface area contributed by atoms with Gasteiger partial charge in [0.05, 0.1) is 5.52 Å². The number of benzene rings is 1. The molecule has 0 aliphatic rings. The van der Waals surface area contributed by atoms with Gasteiger partial charge in [-0.3, -0.25) is 0 Å². The number of rotatable bonds is 2. The molecular formula is C11H12F2N2S. The number of aromatic nitrogens is 2. The molecule has 1 heterocycles. The van der Waals surface area contributed by atoms with Crippen LogP contribution in [0, 0.1) is 16.4 Å². The fourth-order valence-corrected chi connectivity index (χ4v) is 2.14. The Bertz CT molecular complexity index is 585. The second kappa shape index (κ2) is 3.97. The van der Waals surface area contributed by atoms with Gasteiger partial charge in [-0.1, -0.05) is 6.92 Å². The number of fused-ring (bicyclic) bond motifs is 1. The minimum Gasteiger partial charge on any atom is -0.330 e. The van der Waals surface area contributed by atoms with E-state index in [-0.39, 0.29) is 11.6 Å². The SMILES string of the molecule is CCC(C)n1c(=S)[nH]c2ccc(F)c(F)c21. The lowest BCUT2D eigenvalue weighted by Gasteiger charge is -2.12. The van der Waals surface area contributed by atoms with Crippen molar-refractivity contribution in [3.63, 3.8) is 0 Å². The molecule has 1 aromatic carbocycles. The molecule has 2 aromatic rings. The summed E-state index contributed by atoms with van der Waals surface area (Å²) in [6.45, 7) is 3.90. The van der Waals surface area contributed by atoms with Crippen LogP contribution in [0.1, 0.15) is 26.3 Å². The van der Waals surface area contributed by atoms with Gasteiger partial charge in [0, 0.05) is 6.04 Å². The van der Waals surface area contributed by atoms with Crippen LogP contribution in [0.25, 0.3) is 11.0 Å². The number of hydrogen-bond donors (Lipinski definition) is 1. The first kappa shape index (κ1) is 11.3. The molecule has 0 fully saturated rings. The van der Waals surface area contributed by atoms with E-state index in [2.05, 4.69) is 4.98 Å². The van der Waals surface area contributed by atoms with Gasteiger partial charge in [0.1, 0.15) is 5.52 Å². The van der Waals surface area contributed by atoms with Crippen molar-refractivity contribution in [3.8, 4) is 0 Å². The van der Waals surface area contributed by atoms with Crippen LogP contribution in [0.3, 0.4) is 0 Å². The van der Waals surface area contributed by atoms with Crippen LogP contribution in [-0.2, 0) is 0 Å². The fraction of sp³-hybridized carbons (Fsp3) is 0.364. The van der Waals surface area contributed by atoms with Crippen LogP contribution >= 0.6 is 12.2 Å². The number of imidazole rings is 1. The Kier molecular flexibility index (Phi) is 2.80. The maximum absolute atomic E-state index is 13.7. The van der Waals surface area contributed by atoms with Gasteiger partial charge >= 0.3 is 0 Å². The summed E-state index contributed by atoms with van der Waals surface area (Å²) >= 11 is 5.12. The maximum atomic E-state index is 13.7. The second-order valence-corrected chi connectivity index (χ2v) is 4.20. The van der Waals surface area contributed by atoms with E-state index in [1.165, 1.54) is 6.07 Å². The number of nitrogens with zero attached hydrogens (tertiary/aromatic N) is 1. The molecule has 1 unspecified atom stereocenters. The van der Waals surface area contributed by atoms with E-state index in [0.29, 0.717) is 10.3 Å². The van der Waals surface area contributed by atoms with Gasteiger partial charge in [-0.25, -0.2) is 8.78 Å². The highest BCUT2D eigenvalue weighted by Crippen LogP contribution is 2.24. The first-order valence-corrected chi connectivity index (χ1v) is 5.55. The minimum absolute atomic E-state index is 0.0394. The molecule has 1 atom stereocenters. The van der Waals surface area contributed by atoms with Gasteiger partial charge in [0.15, 0.2) is 16.4 Å². The summed E-state index contributed by atoms with van der Waals surface area (Å²) in [5.41, 5.74) is 0.753. The van der Waals surface area contributed by atoms with Crippen molar-refractivity contribution in [1.82, 2.24) is 9.55 Å². The topological polar surface area (TPSA) is 20.7 Å². The predicted octanol–water partition coefficient (Wildman–Crippen LogP) is 3.95. The molecule has 0 aliphatic heterocycles. The van der Waals surface area contributed by atoms with Crippen LogP contribution in [0.4, 0.5) is 8.78 Å². The van der Waals surface area contributed by atoms with Crippen molar-refractivity contribution in [2.45, 2.75) is 26.3 Å². The van der Waals surface area contributed by atoms with Gasteiger partial charge in [-0.05, 0) is 37.7 Å². The molecule has 0 radical (unpaired) electrons. The molecule has 86 valence electrons. The Morgan fingerprint density at radius 2 is 2.12 bits per heavy atom. The summed E-state index contributed by atoms with van der Waals surface area (Å²) < 4.78 is 28.9. The lowest BCUT2D eigenvalue weighted by molar-refractivity contribution is 0.494. The van der Waals surface area contributed by atoms with E-state index in [4.69, 9.17) is 12.2 Å². The molecule has 0 spiro atoms. The zero-order chi connectivity index (χ0) is 11.9. The summed E-state index contributed by atoms with van der Waals surface area (Å²) in [6.07, 6.45) is 0.803. The molecule has 1 aromatic heterocycles. The normalized spacial score (nSPS) is 13.2. The molecular weight excluding hydrogens is 230 g/mol. The van der Waals surface area contributed by atoms with Crippen molar-refractivity contribution in [1.29, 1.82) is 0 Å². The van der Waals surface area contributed by atoms with Gasteiger partial charge in [0.2, 0.25) is 0 Å². The number of aromatic amines is 1. The summed E-state index contributed by atoms with van der Waals surface area (Å²) in [6, 6.07) is 2.64. The van der Waals surface area contributed by atoms with Gasteiger partial charge in [-0.15, -0.1) is 0 Å². The molecule has 0 amide bonds. The number of nitrogens with one attached hydrogen (secondary N) is 1. The van der Waals surface area contributed by atoms with E-state index in [1.807, 2.05) is 13.8 Å². The maximum Gasteiger partial charge on any atom is 0.184 e. The summed E-state index contributed by atoms with van der Waals surface area (Å²) in [5.74, 6) is -1.69. The second-order valence-electron chi connectivity index (χ2n) is 3.81. The lowest BCUT2D eigenvalue weighted by Crippen LogP contribution is -2.05. The van der Waals surface area contributed by atoms with Gasteiger partial charge in [-0.2, -0.15) is 0 Å². The molecule has 2 rings (SSSR count). The highest BCUT2D eigenvalue weighted by atomic mass is 32.1. The number of halogens is 2. The van der Waals surface area contributed by atoms with Crippen molar-refractivity contribution < 1.29 is 8.78 Å². The highest BCUT2D eigenvalue weighted by Gasteiger charge is 2.16. The van der Waals surface area contributed by atoms with E-state index < -0.39 is 11.6 Å². The Morgan fingerprint density at radius 1 is 1.44 bits per heavy atom. The Hall–Kier alpha value is -1.23. The molecule has 1 N–H and O–H groups in total. The molecule has 0 saturated heterocycles. The van der Waals surface area contributed by atoms with Crippen molar-refractivity contribution >= 4 is 23.3 Å². The van der Waals surface area contributed by atoms with Crippen LogP contribution in [0.5, 0.6) is 0 Å². The van der Waals surface area contributed by atoms with Crippen LogP contribution in [0.2, 0.25) is 0 Å². The summed E-state index contributed by atoms with van der Waals surface area (Å²) in [4.78, 5) is 2.88. The van der Waals surface area contributed by atoms with Crippen molar-refractivity contribution in [2.75, 3.05) is 0 Å². The summed E-state index contributed by atoms with van der Waals surface area (Å²) in [7, 11) is 0. The number of H-pyrrole nitrogens is 1. The predicted molar refractivity (Wildman–Crippen MR) is 62.0 cm³/mol. The first-order valence-electron chi connectivity index (χ1n) is 5.14. The molecule has 5 heteroatoms. The Balaban J connectivity index is 2.87. The van der Waals surface area contributed by atoms with E-state index >= 15 is 0 Å². The van der Waals surface area contributed by atoms with Crippen molar-refractivity contribution in [2.24, 2.45) is 0 Å². The van der Waals surface area contributed by atoms with Crippen LogP contribution in [-0.4, -0.2) is 9.55 Å². The van der Waals surface area contributed by atoms with E-state index in [0.717, 1.165) is 12.5 Å². The molecule has 2 nitrogen and oxygen atoms in total. The van der Waals surface area contributed by atoms with Crippen molar-refractivity contribution in [3.05, 3.63) is 28.5 Å². The molecule has 0 bridgehead atoms. The Labute approximate surface area is 96.9 Å². The zero-order valence-electron chi connectivity index (χ0n) is 9.05. The molecule has 0 aliphatic carbocycles. The molecule has 0 saturated carbocycles.